The first-order valence-corrected chi connectivity index (χ1v) is 9.81. The Labute approximate surface area is 172 Å². The van der Waals surface area contributed by atoms with Crippen molar-refractivity contribution < 1.29 is 4.74 Å². The number of benzene rings is 1. The van der Waals surface area contributed by atoms with Crippen molar-refractivity contribution in [2.24, 2.45) is 0 Å². The van der Waals surface area contributed by atoms with Gasteiger partial charge in [0, 0.05) is 31.6 Å². The molecule has 0 saturated carbocycles. The van der Waals surface area contributed by atoms with E-state index in [1.807, 2.05) is 11.9 Å². The zero-order chi connectivity index (χ0) is 20.4. The molecule has 3 heterocycles. The Morgan fingerprint density at radius 1 is 1.14 bits per heavy atom. The molecule has 1 saturated heterocycles. The number of rotatable bonds is 4. The second-order valence-electron chi connectivity index (χ2n) is 6.97. The van der Waals surface area contributed by atoms with Crippen molar-refractivity contribution in [1.29, 1.82) is 0 Å². The fourth-order valence-corrected chi connectivity index (χ4v) is 3.74. The maximum atomic E-state index is 12.8. The minimum absolute atomic E-state index is 0.122. The van der Waals surface area contributed by atoms with Crippen LogP contribution in [0.2, 0.25) is 5.02 Å². The Balaban J connectivity index is 1.64. The Kier molecular flexibility index (Phi) is 5.51. The standard InChI is InChI=1S/C21H21ClN4O3/c1-24(17-5-4-12-29-14-17)18-13-23-26(21(28)20(18)22)16-9-7-15(8-10-16)25-11-3-2-6-19(25)27/h2-3,6-11,13,17H,4-5,12,14H2,1H3/t17-/m0/s1. The summed E-state index contributed by atoms with van der Waals surface area (Å²) in [5, 5.41) is 4.44. The van der Waals surface area contributed by atoms with E-state index in [9.17, 15) is 9.59 Å². The van der Waals surface area contributed by atoms with E-state index in [0.29, 0.717) is 23.7 Å². The predicted molar refractivity (Wildman–Crippen MR) is 113 cm³/mol. The van der Waals surface area contributed by atoms with E-state index in [1.54, 1.807) is 48.8 Å². The first kappa shape index (κ1) is 19.4. The molecule has 2 aromatic heterocycles. The molecule has 7 nitrogen and oxygen atoms in total. The maximum Gasteiger partial charge on any atom is 0.292 e. The molecule has 1 fully saturated rings. The lowest BCUT2D eigenvalue weighted by atomic mass is 10.1. The zero-order valence-corrected chi connectivity index (χ0v) is 16.7. The molecule has 0 amide bonds. The van der Waals surface area contributed by atoms with Gasteiger partial charge in [0.2, 0.25) is 0 Å². The first-order valence-electron chi connectivity index (χ1n) is 9.43. The minimum Gasteiger partial charge on any atom is -0.379 e. The van der Waals surface area contributed by atoms with Crippen LogP contribution >= 0.6 is 11.6 Å². The monoisotopic (exact) mass is 412 g/mol. The van der Waals surface area contributed by atoms with Crippen LogP contribution in [0.1, 0.15) is 12.8 Å². The van der Waals surface area contributed by atoms with Crippen LogP contribution in [0.5, 0.6) is 0 Å². The molecule has 1 aliphatic heterocycles. The lowest BCUT2D eigenvalue weighted by molar-refractivity contribution is 0.0807. The summed E-state index contributed by atoms with van der Waals surface area (Å²) in [4.78, 5) is 26.8. The van der Waals surface area contributed by atoms with E-state index in [-0.39, 0.29) is 16.6 Å². The van der Waals surface area contributed by atoms with Crippen LogP contribution in [0.25, 0.3) is 11.4 Å². The topological polar surface area (TPSA) is 69.4 Å². The molecular weight excluding hydrogens is 392 g/mol. The van der Waals surface area contributed by atoms with Crippen LogP contribution in [-0.2, 0) is 4.74 Å². The minimum atomic E-state index is -0.391. The molecule has 3 aromatic rings. The molecule has 29 heavy (non-hydrogen) atoms. The Morgan fingerprint density at radius 3 is 2.59 bits per heavy atom. The van der Waals surface area contributed by atoms with Gasteiger partial charge in [-0.15, -0.1) is 0 Å². The van der Waals surface area contributed by atoms with Crippen molar-refractivity contribution in [2.75, 3.05) is 25.2 Å². The van der Waals surface area contributed by atoms with Gasteiger partial charge in [-0.05, 0) is 43.2 Å². The number of pyridine rings is 1. The highest BCUT2D eigenvalue weighted by atomic mass is 35.5. The summed E-state index contributed by atoms with van der Waals surface area (Å²) in [5.41, 5.74) is 1.35. The highest BCUT2D eigenvalue weighted by molar-refractivity contribution is 6.33. The molecule has 0 unspecified atom stereocenters. The Bertz CT molecular complexity index is 1120. The second-order valence-corrected chi connectivity index (χ2v) is 7.35. The van der Waals surface area contributed by atoms with Crippen LogP contribution in [0.15, 0.2) is 64.4 Å². The van der Waals surface area contributed by atoms with Gasteiger partial charge in [-0.2, -0.15) is 9.78 Å². The molecule has 8 heteroatoms. The molecule has 0 spiro atoms. The maximum absolute atomic E-state index is 12.8. The average Bonchev–Trinajstić information content (AvgIpc) is 2.76. The molecular formula is C21H21ClN4O3. The number of halogens is 1. The van der Waals surface area contributed by atoms with E-state index >= 15 is 0 Å². The smallest absolute Gasteiger partial charge is 0.292 e. The van der Waals surface area contributed by atoms with Gasteiger partial charge in [-0.25, -0.2) is 0 Å². The van der Waals surface area contributed by atoms with Gasteiger partial charge < -0.3 is 9.64 Å². The Morgan fingerprint density at radius 2 is 1.90 bits per heavy atom. The quantitative estimate of drug-likeness (QED) is 0.659. The van der Waals surface area contributed by atoms with E-state index in [2.05, 4.69) is 5.10 Å². The van der Waals surface area contributed by atoms with Crippen LogP contribution in [0, 0.1) is 0 Å². The van der Waals surface area contributed by atoms with Crippen molar-refractivity contribution >= 4 is 17.3 Å². The molecule has 150 valence electrons. The van der Waals surface area contributed by atoms with E-state index in [4.69, 9.17) is 16.3 Å². The molecule has 1 atom stereocenters. The fraction of sp³-hybridized carbons (Fsp3) is 0.286. The van der Waals surface area contributed by atoms with E-state index in [1.165, 1.54) is 15.3 Å². The van der Waals surface area contributed by atoms with Gasteiger partial charge >= 0.3 is 0 Å². The lowest BCUT2D eigenvalue weighted by Crippen LogP contribution is -2.39. The summed E-state index contributed by atoms with van der Waals surface area (Å²) >= 11 is 6.41. The van der Waals surface area contributed by atoms with Gasteiger partial charge in [0.25, 0.3) is 11.1 Å². The third-order valence-corrected chi connectivity index (χ3v) is 5.51. The van der Waals surface area contributed by atoms with Crippen molar-refractivity contribution in [3.05, 3.63) is 80.6 Å². The SMILES string of the molecule is CN(c1cnn(-c2ccc(-n3ccccc3=O)cc2)c(=O)c1Cl)[C@H]1CCCOC1. The van der Waals surface area contributed by atoms with Crippen LogP contribution < -0.4 is 16.0 Å². The van der Waals surface area contributed by atoms with Gasteiger partial charge in [0.1, 0.15) is 5.02 Å². The summed E-state index contributed by atoms with van der Waals surface area (Å²) in [6, 6.07) is 12.1. The molecule has 1 aromatic carbocycles. The zero-order valence-electron chi connectivity index (χ0n) is 16.0. The molecule has 0 N–H and O–H groups in total. The number of ether oxygens (including phenoxy) is 1. The van der Waals surface area contributed by atoms with Crippen LogP contribution in [-0.4, -0.2) is 40.7 Å². The number of hydrogen-bond donors (Lipinski definition) is 0. The summed E-state index contributed by atoms with van der Waals surface area (Å²) in [7, 11) is 1.90. The van der Waals surface area contributed by atoms with Gasteiger partial charge in [0.15, 0.2) is 0 Å². The number of hydrogen-bond acceptors (Lipinski definition) is 5. The highest BCUT2D eigenvalue weighted by Gasteiger charge is 2.22. The number of aromatic nitrogens is 3. The van der Waals surface area contributed by atoms with Crippen molar-refractivity contribution in [3.8, 4) is 11.4 Å². The third kappa shape index (κ3) is 3.83. The van der Waals surface area contributed by atoms with Crippen molar-refractivity contribution in [2.45, 2.75) is 18.9 Å². The van der Waals surface area contributed by atoms with Crippen LogP contribution in [0.4, 0.5) is 5.69 Å². The molecule has 0 radical (unpaired) electrons. The largest absolute Gasteiger partial charge is 0.379 e. The summed E-state index contributed by atoms with van der Waals surface area (Å²) in [5.74, 6) is 0. The van der Waals surface area contributed by atoms with Crippen LogP contribution in [0.3, 0.4) is 0 Å². The average molecular weight is 413 g/mol. The molecule has 0 aliphatic carbocycles. The summed E-state index contributed by atoms with van der Waals surface area (Å²) in [6.45, 7) is 1.37. The van der Waals surface area contributed by atoms with E-state index < -0.39 is 5.56 Å². The first-order chi connectivity index (χ1) is 14.1. The van der Waals surface area contributed by atoms with Gasteiger partial charge in [-0.3, -0.25) is 14.2 Å². The van der Waals surface area contributed by atoms with Crippen molar-refractivity contribution in [3.63, 3.8) is 0 Å². The molecule has 1 aliphatic rings. The Hall–Kier alpha value is -2.90. The number of nitrogens with zero attached hydrogens (tertiary/aromatic N) is 4. The summed E-state index contributed by atoms with van der Waals surface area (Å²) < 4.78 is 8.31. The predicted octanol–water partition coefficient (Wildman–Crippen LogP) is 2.65. The normalized spacial score (nSPS) is 16.6. The molecule has 0 bridgehead atoms. The van der Waals surface area contributed by atoms with Gasteiger partial charge in [-0.1, -0.05) is 17.7 Å². The number of anilines is 1. The highest BCUT2D eigenvalue weighted by Crippen LogP contribution is 2.25. The summed E-state index contributed by atoms with van der Waals surface area (Å²) in [6.07, 6.45) is 5.26. The molecule has 4 rings (SSSR count). The lowest BCUT2D eigenvalue weighted by Gasteiger charge is -2.32. The fourth-order valence-electron chi connectivity index (χ4n) is 3.47. The second kappa shape index (κ2) is 8.23. The number of likely N-dealkylation sites (N-methyl/N-ethyl adjacent to an activating group) is 1. The third-order valence-electron chi connectivity index (χ3n) is 5.16. The van der Waals surface area contributed by atoms with E-state index in [0.717, 1.165) is 19.4 Å². The van der Waals surface area contributed by atoms with Crippen molar-refractivity contribution in [1.82, 2.24) is 14.3 Å². The van der Waals surface area contributed by atoms with Gasteiger partial charge in [0.05, 0.1) is 30.2 Å².